The molecule has 3 N–H and O–H groups in total. The number of benzene rings is 1. The van der Waals surface area contributed by atoms with Crippen molar-refractivity contribution in [3.63, 3.8) is 0 Å². The number of carbonyl (C=O) groups is 1. The Kier molecular flexibility index (Phi) is 5.74. The van der Waals surface area contributed by atoms with Crippen LogP contribution in [-0.4, -0.2) is 30.9 Å². The van der Waals surface area contributed by atoms with Gasteiger partial charge in [-0.1, -0.05) is 6.07 Å². The molecular formula is C13H20FN3O. The average Bonchev–Trinajstić information content (AvgIpc) is 2.29. The van der Waals surface area contributed by atoms with Crippen molar-refractivity contribution in [2.45, 2.75) is 20.0 Å². The lowest BCUT2D eigenvalue weighted by Gasteiger charge is -2.18. The third-order valence-corrected chi connectivity index (χ3v) is 2.62. The van der Waals surface area contributed by atoms with E-state index in [0.717, 1.165) is 11.1 Å². The van der Waals surface area contributed by atoms with E-state index >= 15 is 0 Å². The van der Waals surface area contributed by atoms with Gasteiger partial charge in [-0.05, 0) is 37.2 Å². The van der Waals surface area contributed by atoms with Crippen molar-refractivity contribution in [3.05, 3.63) is 35.1 Å². The van der Waals surface area contributed by atoms with Crippen molar-refractivity contribution in [3.8, 4) is 0 Å². The van der Waals surface area contributed by atoms with Crippen molar-refractivity contribution in [2.75, 3.05) is 20.1 Å². The topological polar surface area (TPSA) is 58.4 Å². The zero-order chi connectivity index (χ0) is 13.5. The van der Waals surface area contributed by atoms with Crippen molar-refractivity contribution >= 4 is 5.91 Å². The Balaban J connectivity index is 2.66. The highest BCUT2D eigenvalue weighted by atomic mass is 19.1. The van der Waals surface area contributed by atoms with Crippen molar-refractivity contribution in [1.82, 2.24) is 10.2 Å². The molecule has 1 rings (SSSR count). The normalized spacial score (nSPS) is 10.7. The molecule has 0 heterocycles. The summed E-state index contributed by atoms with van der Waals surface area (Å²) in [5.74, 6) is -0.320. The van der Waals surface area contributed by atoms with Crippen molar-refractivity contribution in [1.29, 1.82) is 0 Å². The number of nitrogens with two attached hydrogens (primary N) is 1. The summed E-state index contributed by atoms with van der Waals surface area (Å²) in [7, 11) is 1.82. The van der Waals surface area contributed by atoms with Crippen LogP contribution >= 0.6 is 0 Å². The van der Waals surface area contributed by atoms with Crippen LogP contribution in [0.1, 0.15) is 18.1 Å². The highest BCUT2D eigenvalue weighted by Crippen LogP contribution is 2.12. The fourth-order valence-corrected chi connectivity index (χ4v) is 1.79. The van der Waals surface area contributed by atoms with Gasteiger partial charge in [0.25, 0.3) is 0 Å². The summed E-state index contributed by atoms with van der Waals surface area (Å²) >= 11 is 0. The molecule has 0 aliphatic carbocycles. The van der Waals surface area contributed by atoms with E-state index in [2.05, 4.69) is 5.32 Å². The number of likely N-dealkylation sites (N-methyl/N-ethyl adjacent to an activating group) is 2. The molecule has 1 aromatic carbocycles. The molecule has 18 heavy (non-hydrogen) atoms. The first-order valence-electron chi connectivity index (χ1n) is 5.99. The van der Waals surface area contributed by atoms with Crippen LogP contribution < -0.4 is 11.1 Å². The monoisotopic (exact) mass is 253 g/mol. The van der Waals surface area contributed by atoms with E-state index in [-0.39, 0.29) is 18.3 Å². The Bertz CT molecular complexity index is 409. The van der Waals surface area contributed by atoms with E-state index in [0.29, 0.717) is 19.6 Å². The second kappa shape index (κ2) is 7.08. The van der Waals surface area contributed by atoms with Gasteiger partial charge in [0.05, 0.1) is 6.54 Å². The highest BCUT2D eigenvalue weighted by molar-refractivity contribution is 5.77. The molecule has 0 saturated carbocycles. The van der Waals surface area contributed by atoms with Crippen LogP contribution in [0, 0.1) is 5.82 Å². The molecule has 5 heteroatoms. The number of carbonyl (C=O) groups excluding carboxylic acids is 1. The highest BCUT2D eigenvalue weighted by Gasteiger charge is 2.09. The zero-order valence-electron chi connectivity index (χ0n) is 10.9. The molecule has 0 saturated heterocycles. The molecule has 0 aliphatic heterocycles. The van der Waals surface area contributed by atoms with Gasteiger partial charge in [0, 0.05) is 19.6 Å². The number of amides is 1. The van der Waals surface area contributed by atoms with Gasteiger partial charge in [-0.3, -0.25) is 9.69 Å². The predicted octanol–water partition coefficient (Wildman–Crippen LogP) is 0.852. The number of hydrogen-bond donors (Lipinski definition) is 2. The summed E-state index contributed by atoms with van der Waals surface area (Å²) in [4.78, 5) is 13.2. The van der Waals surface area contributed by atoms with E-state index < -0.39 is 0 Å². The molecule has 0 fully saturated rings. The fraction of sp³-hybridized carbons (Fsp3) is 0.462. The second-order valence-corrected chi connectivity index (χ2v) is 4.24. The van der Waals surface area contributed by atoms with Gasteiger partial charge in [-0.2, -0.15) is 0 Å². The van der Waals surface area contributed by atoms with E-state index in [1.807, 2.05) is 18.9 Å². The first-order chi connectivity index (χ1) is 8.56. The van der Waals surface area contributed by atoms with Crippen LogP contribution in [0.2, 0.25) is 0 Å². The fourth-order valence-electron chi connectivity index (χ4n) is 1.79. The minimum atomic E-state index is -0.284. The Morgan fingerprint density at radius 2 is 2.17 bits per heavy atom. The number of nitrogens with one attached hydrogen (secondary N) is 1. The van der Waals surface area contributed by atoms with E-state index in [1.54, 1.807) is 6.07 Å². The van der Waals surface area contributed by atoms with Crippen LogP contribution in [0.15, 0.2) is 18.2 Å². The molecular weight excluding hydrogens is 233 g/mol. The molecule has 0 aliphatic rings. The molecule has 1 aromatic rings. The SMILES string of the molecule is CCNC(=O)CN(C)Cc1cc(F)ccc1CN. The lowest BCUT2D eigenvalue weighted by atomic mass is 10.1. The standard InChI is InChI=1S/C13H20FN3O/c1-3-16-13(18)9-17(2)8-11-6-12(14)5-4-10(11)7-15/h4-6H,3,7-9,15H2,1-2H3,(H,16,18). The van der Waals surface area contributed by atoms with E-state index in [4.69, 9.17) is 5.73 Å². The minimum Gasteiger partial charge on any atom is -0.355 e. The Morgan fingerprint density at radius 3 is 2.78 bits per heavy atom. The lowest BCUT2D eigenvalue weighted by molar-refractivity contribution is -0.121. The number of nitrogens with zero attached hydrogens (tertiary/aromatic N) is 1. The first-order valence-corrected chi connectivity index (χ1v) is 5.99. The quantitative estimate of drug-likeness (QED) is 0.790. The largest absolute Gasteiger partial charge is 0.355 e. The molecule has 0 radical (unpaired) electrons. The molecule has 0 bridgehead atoms. The van der Waals surface area contributed by atoms with E-state index in [1.165, 1.54) is 12.1 Å². The van der Waals surface area contributed by atoms with Crippen LogP contribution in [-0.2, 0) is 17.9 Å². The van der Waals surface area contributed by atoms with Gasteiger partial charge in [0.2, 0.25) is 5.91 Å². The minimum absolute atomic E-state index is 0.0364. The van der Waals surface area contributed by atoms with Gasteiger partial charge in [-0.15, -0.1) is 0 Å². The number of rotatable bonds is 6. The predicted molar refractivity (Wildman–Crippen MR) is 69.3 cm³/mol. The molecule has 1 amide bonds. The smallest absolute Gasteiger partial charge is 0.234 e. The summed E-state index contributed by atoms with van der Waals surface area (Å²) in [5, 5.41) is 2.72. The summed E-state index contributed by atoms with van der Waals surface area (Å²) in [6.45, 7) is 3.64. The Labute approximate surface area is 107 Å². The molecule has 4 nitrogen and oxygen atoms in total. The molecule has 0 atom stereocenters. The molecule has 0 unspecified atom stereocenters. The second-order valence-electron chi connectivity index (χ2n) is 4.24. The number of hydrogen-bond acceptors (Lipinski definition) is 3. The third-order valence-electron chi connectivity index (χ3n) is 2.62. The lowest BCUT2D eigenvalue weighted by Crippen LogP contribution is -2.34. The molecule has 100 valence electrons. The van der Waals surface area contributed by atoms with Gasteiger partial charge >= 0.3 is 0 Å². The van der Waals surface area contributed by atoms with Crippen molar-refractivity contribution in [2.24, 2.45) is 5.73 Å². The van der Waals surface area contributed by atoms with Crippen LogP contribution in [0.4, 0.5) is 4.39 Å². The maximum absolute atomic E-state index is 13.2. The summed E-state index contributed by atoms with van der Waals surface area (Å²) in [6.07, 6.45) is 0. The first kappa shape index (κ1) is 14.6. The molecule has 0 spiro atoms. The Hall–Kier alpha value is -1.46. The van der Waals surface area contributed by atoms with Crippen molar-refractivity contribution < 1.29 is 9.18 Å². The van der Waals surface area contributed by atoms with Gasteiger partial charge in [0.15, 0.2) is 0 Å². The zero-order valence-corrected chi connectivity index (χ0v) is 10.9. The Morgan fingerprint density at radius 1 is 1.44 bits per heavy atom. The van der Waals surface area contributed by atoms with Crippen LogP contribution in [0.25, 0.3) is 0 Å². The van der Waals surface area contributed by atoms with Crippen LogP contribution in [0.5, 0.6) is 0 Å². The van der Waals surface area contributed by atoms with Crippen LogP contribution in [0.3, 0.4) is 0 Å². The van der Waals surface area contributed by atoms with Gasteiger partial charge in [0.1, 0.15) is 5.82 Å². The van der Waals surface area contributed by atoms with E-state index in [9.17, 15) is 9.18 Å². The number of halogens is 1. The van der Waals surface area contributed by atoms with Gasteiger partial charge in [-0.25, -0.2) is 4.39 Å². The summed E-state index contributed by atoms with van der Waals surface area (Å²) in [6, 6.07) is 4.55. The third kappa shape index (κ3) is 4.43. The molecule has 0 aromatic heterocycles. The average molecular weight is 253 g/mol. The maximum Gasteiger partial charge on any atom is 0.234 e. The van der Waals surface area contributed by atoms with Gasteiger partial charge < -0.3 is 11.1 Å². The summed E-state index contributed by atoms with van der Waals surface area (Å²) < 4.78 is 13.2. The summed E-state index contributed by atoms with van der Waals surface area (Å²) in [5.41, 5.74) is 7.33. The maximum atomic E-state index is 13.2.